The van der Waals surface area contributed by atoms with Crippen molar-refractivity contribution in [2.24, 2.45) is 0 Å². The van der Waals surface area contributed by atoms with Crippen LogP contribution in [0.5, 0.6) is 0 Å². The quantitative estimate of drug-likeness (QED) is 0.688. The fraction of sp³-hybridized carbons (Fsp3) is 0.500. The molecule has 27 heavy (non-hydrogen) atoms. The van der Waals surface area contributed by atoms with Gasteiger partial charge in [0.2, 0.25) is 0 Å². The van der Waals surface area contributed by atoms with Gasteiger partial charge >= 0.3 is 0 Å². The fourth-order valence-electron chi connectivity index (χ4n) is 4.73. The number of quaternary nitrogens is 1. The Hall–Kier alpha value is -1.68. The second-order valence-electron chi connectivity index (χ2n) is 8.33. The summed E-state index contributed by atoms with van der Waals surface area (Å²) in [6, 6.07) is 21.5. The smallest absolute Gasteiger partial charge is 0.165 e. The summed E-state index contributed by atoms with van der Waals surface area (Å²) in [4.78, 5) is 0. The van der Waals surface area contributed by atoms with Crippen molar-refractivity contribution in [3.8, 4) is 0 Å². The molecular weight excluding hydrogens is 334 g/mol. The van der Waals surface area contributed by atoms with Gasteiger partial charge in [0.25, 0.3) is 0 Å². The molecule has 0 radical (unpaired) electrons. The lowest BCUT2D eigenvalue weighted by Gasteiger charge is -2.43. The van der Waals surface area contributed by atoms with Crippen LogP contribution in [-0.4, -0.2) is 43.1 Å². The number of ether oxygens (including phenoxy) is 2. The van der Waals surface area contributed by atoms with Crippen molar-refractivity contribution >= 4 is 0 Å². The average molecular weight is 367 g/mol. The summed E-state index contributed by atoms with van der Waals surface area (Å²) in [5.74, 6) is 0.264. The van der Waals surface area contributed by atoms with Gasteiger partial charge in [-0.3, -0.25) is 0 Å². The number of nitrogens with zero attached hydrogens (tertiary/aromatic N) is 1. The lowest BCUT2D eigenvalue weighted by Crippen LogP contribution is -2.54. The van der Waals surface area contributed by atoms with Crippen LogP contribution in [0.25, 0.3) is 0 Å². The van der Waals surface area contributed by atoms with Crippen LogP contribution in [0.3, 0.4) is 0 Å². The molecule has 144 valence electrons. The lowest BCUT2D eigenvalue weighted by atomic mass is 10.0. The minimum Gasteiger partial charge on any atom is -0.349 e. The third-order valence-corrected chi connectivity index (χ3v) is 6.22. The zero-order valence-electron chi connectivity index (χ0n) is 16.4. The van der Waals surface area contributed by atoms with E-state index in [4.69, 9.17) is 9.47 Å². The van der Waals surface area contributed by atoms with E-state index in [9.17, 15) is 0 Å². The summed E-state index contributed by atoms with van der Waals surface area (Å²) in [6.45, 7) is 7.61. The predicted molar refractivity (Wildman–Crippen MR) is 108 cm³/mol. The van der Waals surface area contributed by atoms with Gasteiger partial charge in [-0.05, 0) is 24.8 Å². The van der Waals surface area contributed by atoms with E-state index in [1.807, 2.05) is 0 Å². The van der Waals surface area contributed by atoms with E-state index in [2.05, 4.69) is 67.6 Å². The zero-order chi connectivity index (χ0) is 18.5. The van der Waals surface area contributed by atoms with Crippen LogP contribution >= 0.6 is 0 Å². The summed E-state index contributed by atoms with van der Waals surface area (Å²) in [6.07, 6.45) is 4.08. The van der Waals surface area contributed by atoms with Crippen LogP contribution in [0.15, 0.2) is 60.7 Å². The van der Waals surface area contributed by atoms with Gasteiger partial charge in [-0.1, -0.05) is 67.6 Å². The van der Waals surface area contributed by atoms with Crippen LogP contribution in [0.2, 0.25) is 0 Å². The van der Waals surface area contributed by atoms with Gasteiger partial charge in [0.05, 0.1) is 19.7 Å². The molecule has 0 unspecified atom stereocenters. The van der Waals surface area contributed by atoms with Crippen molar-refractivity contribution in [3.63, 3.8) is 0 Å². The maximum Gasteiger partial charge on any atom is 0.165 e. The predicted octanol–water partition coefficient (Wildman–Crippen LogP) is 4.73. The molecule has 0 bridgehead atoms. The van der Waals surface area contributed by atoms with Gasteiger partial charge in [-0.15, -0.1) is 0 Å². The number of rotatable bonds is 6. The first kappa shape index (κ1) is 18.7. The molecule has 3 atom stereocenters. The molecule has 0 N–H and O–H groups in total. The molecule has 0 spiro atoms. The summed E-state index contributed by atoms with van der Waals surface area (Å²) >= 11 is 0. The molecule has 2 aliphatic heterocycles. The van der Waals surface area contributed by atoms with Crippen LogP contribution in [0.4, 0.5) is 0 Å². The van der Waals surface area contributed by atoms with Gasteiger partial charge in [0.1, 0.15) is 19.2 Å². The monoisotopic (exact) mass is 366 g/mol. The second-order valence-corrected chi connectivity index (χ2v) is 8.33. The highest BCUT2D eigenvalue weighted by Gasteiger charge is 2.39. The van der Waals surface area contributed by atoms with Gasteiger partial charge in [0, 0.05) is 11.5 Å². The van der Waals surface area contributed by atoms with E-state index in [1.54, 1.807) is 0 Å². The molecule has 0 aliphatic carbocycles. The first-order chi connectivity index (χ1) is 13.2. The fourth-order valence-corrected chi connectivity index (χ4v) is 4.73. The van der Waals surface area contributed by atoms with Crippen molar-refractivity contribution in [1.29, 1.82) is 0 Å². The zero-order valence-corrected chi connectivity index (χ0v) is 16.4. The Kier molecular flexibility index (Phi) is 5.92. The number of likely N-dealkylation sites (tertiary alicyclic amines) is 1. The van der Waals surface area contributed by atoms with Crippen molar-refractivity contribution in [2.75, 3.05) is 26.2 Å². The standard InChI is InChI=1S/C24H32NO2/c1-20(22-13-7-3-8-14-22)24-26-19-23(27-24)18-25(15-9-4-10-16-25)17-21-11-5-2-6-12-21/h2-3,5-8,11-14,20,23-24H,4,9-10,15-19H2,1H3/q+1/t20-,23+,24+/m0/s1. The summed E-state index contributed by atoms with van der Waals surface area (Å²) < 4.78 is 13.6. The number of hydrogen-bond donors (Lipinski definition) is 0. The maximum atomic E-state index is 6.41. The highest BCUT2D eigenvalue weighted by atomic mass is 16.7. The van der Waals surface area contributed by atoms with E-state index in [-0.39, 0.29) is 18.3 Å². The van der Waals surface area contributed by atoms with Crippen molar-refractivity contribution in [1.82, 2.24) is 0 Å². The Morgan fingerprint density at radius 2 is 1.59 bits per heavy atom. The lowest BCUT2D eigenvalue weighted by molar-refractivity contribution is -0.947. The molecule has 2 saturated heterocycles. The molecule has 0 amide bonds. The van der Waals surface area contributed by atoms with Crippen molar-refractivity contribution < 1.29 is 14.0 Å². The maximum absolute atomic E-state index is 6.41. The molecule has 2 aliphatic rings. The van der Waals surface area contributed by atoms with Gasteiger partial charge in [-0.25, -0.2) is 0 Å². The van der Waals surface area contributed by atoms with Crippen LogP contribution in [0.1, 0.15) is 43.2 Å². The van der Waals surface area contributed by atoms with Crippen LogP contribution in [0, 0.1) is 0 Å². The Bertz CT molecular complexity index is 697. The summed E-state index contributed by atoms with van der Waals surface area (Å²) in [7, 11) is 0. The number of benzene rings is 2. The molecule has 2 aromatic carbocycles. The van der Waals surface area contributed by atoms with E-state index in [1.165, 1.54) is 43.5 Å². The normalized spacial score (nSPS) is 26.0. The second kappa shape index (κ2) is 8.55. The summed E-state index contributed by atoms with van der Waals surface area (Å²) in [5, 5.41) is 0. The van der Waals surface area contributed by atoms with Gasteiger partial charge in [0.15, 0.2) is 6.29 Å². The van der Waals surface area contributed by atoms with Gasteiger partial charge in [-0.2, -0.15) is 0 Å². The third-order valence-electron chi connectivity index (χ3n) is 6.22. The Morgan fingerprint density at radius 1 is 0.926 bits per heavy atom. The molecule has 2 heterocycles. The molecule has 4 rings (SSSR count). The van der Waals surface area contributed by atoms with Crippen LogP contribution < -0.4 is 0 Å². The molecule has 3 nitrogen and oxygen atoms in total. The van der Waals surface area contributed by atoms with E-state index < -0.39 is 0 Å². The molecule has 0 aromatic heterocycles. The molecule has 0 saturated carbocycles. The summed E-state index contributed by atoms with van der Waals surface area (Å²) in [5.41, 5.74) is 2.72. The average Bonchev–Trinajstić information content (AvgIpc) is 3.17. The minimum atomic E-state index is -0.126. The van der Waals surface area contributed by atoms with Crippen molar-refractivity contribution in [2.45, 2.75) is 51.0 Å². The first-order valence-corrected chi connectivity index (χ1v) is 10.5. The highest BCUT2D eigenvalue weighted by molar-refractivity contribution is 5.19. The minimum absolute atomic E-state index is 0.126. The van der Waals surface area contributed by atoms with Crippen LogP contribution in [-0.2, 0) is 16.0 Å². The Morgan fingerprint density at radius 3 is 2.30 bits per heavy atom. The Labute approximate surface area is 163 Å². The van der Waals surface area contributed by atoms with Gasteiger partial charge < -0.3 is 14.0 Å². The van der Waals surface area contributed by atoms with E-state index >= 15 is 0 Å². The number of hydrogen-bond acceptors (Lipinski definition) is 2. The first-order valence-electron chi connectivity index (χ1n) is 10.5. The topological polar surface area (TPSA) is 18.5 Å². The van der Waals surface area contributed by atoms with Crippen molar-refractivity contribution in [3.05, 3.63) is 71.8 Å². The Balaban J connectivity index is 1.41. The van der Waals surface area contributed by atoms with E-state index in [0.29, 0.717) is 0 Å². The number of piperidine rings is 1. The molecular formula is C24H32NO2+. The SMILES string of the molecule is C[C@@H](c1ccccc1)[C@@H]1OC[C@@H](C[N+]2(Cc3ccccc3)CCCCC2)O1. The molecule has 2 fully saturated rings. The molecule has 2 aromatic rings. The largest absolute Gasteiger partial charge is 0.349 e. The highest BCUT2D eigenvalue weighted by Crippen LogP contribution is 2.30. The molecule has 3 heteroatoms. The van der Waals surface area contributed by atoms with E-state index in [0.717, 1.165) is 24.2 Å². The third kappa shape index (κ3) is 4.60.